The van der Waals surface area contributed by atoms with E-state index in [-0.39, 0.29) is 28.8 Å². The molecule has 28 heavy (non-hydrogen) atoms. The van der Waals surface area contributed by atoms with E-state index >= 15 is 0 Å². The monoisotopic (exact) mass is 410 g/mol. The number of benzene rings is 1. The third-order valence-electron chi connectivity index (χ3n) is 3.78. The summed E-state index contributed by atoms with van der Waals surface area (Å²) in [5.41, 5.74) is -0.0479. The maximum Gasteiger partial charge on any atom is 0.416 e. The molecule has 6 nitrogen and oxygen atoms in total. The molecule has 0 saturated carbocycles. The van der Waals surface area contributed by atoms with Gasteiger partial charge in [0, 0.05) is 18.9 Å². The van der Waals surface area contributed by atoms with Gasteiger partial charge in [-0.05, 0) is 23.8 Å². The minimum absolute atomic E-state index is 0.129. The lowest BCUT2D eigenvalue weighted by molar-refractivity contribution is -0.137. The molecule has 0 aliphatic carbocycles. The largest absolute Gasteiger partial charge is 0.493 e. The Labute approximate surface area is 162 Å². The van der Waals surface area contributed by atoms with Crippen LogP contribution in [-0.4, -0.2) is 27.6 Å². The third-order valence-corrected chi connectivity index (χ3v) is 4.07. The van der Waals surface area contributed by atoms with Gasteiger partial charge in [-0.15, -0.1) is 0 Å². The van der Waals surface area contributed by atoms with Crippen LogP contribution in [0.3, 0.4) is 0 Å². The quantitative estimate of drug-likeness (QED) is 0.638. The number of alkyl halides is 3. The van der Waals surface area contributed by atoms with Crippen molar-refractivity contribution in [3.8, 4) is 5.75 Å². The number of hydrogen-bond acceptors (Lipinski definition) is 4. The van der Waals surface area contributed by atoms with Gasteiger partial charge in [0.25, 0.3) is 5.91 Å². The van der Waals surface area contributed by atoms with Gasteiger partial charge >= 0.3 is 6.18 Å². The van der Waals surface area contributed by atoms with Crippen molar-refractivity contribution in [2.24, 2.45) is 0 Å². The molecule has 0 unspecified atom stereocenters. The highest BCUT2D eigenvalue weighted by Crippen LogP contribution is 2.29. The zero-order chi connectivity index (χ0) is 20.3. The topological polar surface area (TPSA) is 69.0 Å². The van der Waals surface area contributed by atoms with E-state index in [9.17, 15) is 18.0 Å². The van der Waals surface area contributed by atoms with Crippen LogP contribution in [0.5, 0.6) is 5.75 Å². The second-order valence-corrected chi connectivity index (χ2v) is 6.16. The number of rotatable bonds is 5. The third kappa shape index (κ3) is 4.61. The van der Waals surface area contributed by atoms with Crippen LogP contribution in [0, 0.1) is 0 Å². The highest BCUT2D eigenvalue weighted by Gasteiger charge is 2.30. The van der Waals surface area contributed by atoms with Crippen molar-refractivity contribution >= 4 is 23.3 Å². The molecule has 0 fully saturated rings. The summed E-state index contributed by atoms with van der Waals surface area (Å²) < 4.78 is 45.0. The molecule has 146 valence electrons. The van der Waals surface area contributed by atoms with E-state index in [0.29, 0.717) is 5.56 Å². The number of ether oxygens (including phenoxy) is 1. The van der Waals surface area contributed by atoms with Crippen molar-refractivity contribution in [2.45, 2.75) is 12.7 Å². The predicted molar refractivity (Wildman–Crippen MR) is 96.5 cm³/mol. The van der Waals surface area contributed by atoms with Crippen LogP contribution in [-0.2, 0) is 12.7 Å². The first-order chi connectivity index (χ1) is 13.3. The zero-order valence-corrected chi connectivity index (χ0v) is 15.3. The van der Waals surface area contributed by atoms with Gasteiger partial charge in [0.2, 0.25) is 0 Å². The predicted octanol–water partition coefficient (Wildman–Crippen LogP) is 4.26. The Bertz CT molecular complexity index is 1000. The number of amides is 1. The van der Waals surface area contributed by atoms with Crippen molar-refractivity contribution in [1.82, 2.24) is 14.5 Å². The molecule has 3 aromatic rings. The summed E-state index contributed by atoms with van der Waals surface area (Å²) in [5, 5.41) is 2.71. The second kappa shape index (κ2) is 7.89. The number of nitrogens with one attached hydrogen (secondary N) is 1. The molecule has 0 bridgehead atoms. The van der Waals surface area contributed by atoms with Gasteiger partial charge < -0.3 is 14.6 Å². The SMILES string of the molecule is COc1cc(C(=O)Nc2cn(Cc3cccc(C(F)(F)F)c3)cn2)cnc1Cl. The van der Waals surface area contributed by atoms with Crippen LogP contribution < -0.4 is 10.1 Å². The molecule has 0 aliphatic rings. The molecule has 3 rings (SSSR count). The van der Waals surface area contributed by atoms with Gasteiger partial charge in [-0.3, -0.25) is 4.79 Å². The molecule has 2 heterocycles. The molecule has 1 N–H and O–H groups in total. The molecule has 0 aliphatic heterocycles. The first-order valence-corrected chi connectivity index (χ1v) is 8.33. The number of carbonyl (C=O) groups is 1. The van der Waals surface area contributed by atoms with Crippen LogP contribution in [0.4, 0.5) is 19.0 Å². The fourth-order valence-corrected chi connectivity index (χ4v) is 2.63. The molecule has 2 aromatic heterocycles. The summed E-state index contributed by atoms with van der Waals surface area (Å²) >= 11 is 5.83. The van der Waals surface area contributed by atoms with E-state index < -0.39 is 17.6 Å². The lowest BCUT2D eigenvalue weighted by Gasteiger charge is -2.09. The molecular formula is C18H14ClF3N4O2. The molecule has 0 atom stereocenters. The summed E-state index contributed by atoms with van der Waals surface area (Å²) in [4.78, 5) is 20.2. The van der Waals surface area contributed by atoms with E-state index in [1.807, 2.05) is 0 Å². The van der Waals surface area contributed by atoms with Gasteiger partial charge in [-0.2, -0.15) is 13.2 Å². The minimum Gasteiger partial charge on any atom is -0.493 e. The Kier molecular flexibility index (Phi) is 5.55. The summed E-state index contributed by atoms with van der Waals surface area (Å²) in [7, 11) is 1.40. The number of aromatic nitrogens is 3. The van der Waals surface area contributed by atoms with E-state index in [4.69, 9.17) is 16.3 Å². The number of halogens is 4. The average Bonchev–Trinajstić information content (AvgIpc) is 3.08. The van der Waals surface area contributed by atoms with Crippen LogP contribution in [0.15, 0.2) is 49.1 Å². The normalized spacial score (nSPS) is 11.3. The minimum atomic E-state index is -4.41. The van der Waals surface area contributed by atoms with Crippen LogP contribution in [0.2, 0.25) is 5.15 Å². The summed E-state index contributed by atoms with van der Waals surface area (Å²) in [5.74, 6) is 0.0158. The maximum absolute atomic E-state index is 12.8. The number of pyridine rings is 1. The lowest BCUT2D eigenvalue weighted by atomic mass is 10.1. The first-order valence-electron chi connectivity index (χ1n) is 7.95. The summed E-state index contributed by atoms with van der Waals surface area (Å²) in [6.45, 7) is 0.170. The van der Waals surface area contributed by atoms with E-state index in [1.54, 1.807) is 10.6 Å². The molecule has 10 heteroatoms. The molecule has 0 saturated heterocycles. The molecule has 1 amide bonds. The van der Waals surface area contributed by atoms with Crippen LogP contribution in [0.1, 0.15) is 21.5 Å². The molecule has 0 radical (unpaired) electrons. The Morgan fingerprint density at radius 3 is 2.79 bits per heavy atom. The number of anilines is 1. The first kappa shape index (κ1) is 19.7. The van der Waals surface area contributed by atoms with Crippen molar-refractivity contribution < 1.29 is 22.7 Å². The summed E-state index contributed by atoms with van der Waals surface area (Å²) in [6.07, 6.45) is -0.188. The van der Waals surface area contributed by atoms with Gasteiger partial charge in [0.15, 0.2) is 16.7 Å². The average molecular weight is 411 g/mol. The zero-order valence-electron chi connectivity index (χ0n) is 14.5. The number of nitrogens with zero attached hydrogens (tertiary/aromatic N) is 3. The summed E-state index contributed by atoms with van der Waals surface area (Å²) in [6, 6.07) is 6.45. The molecule has 0 spiro atoms. The van der Waals surface area contributed by atoms with Crippen molar-refractivity contribution in [3.63, 3.8) is 0 Å². The Morgan fingerprint density at radius 2 is 2.07 bits per heavy atom. The van der Waals surface area contributed by atoms with Crippen molar-refractivity contribution in [2.75, 3.05) is 12.4 Å². The van der Waals surface area contributed by atoms with E-state index in [0.717, 1.165) is 12.1 Å². The second-order valence-electron chi connectivity index (χ2n) is 5.80. The van der Waals surface area contributed by atoms with Gasteiger partial charge in [0.1, 0.15) is 0 Å². The van der Waals surface area contributed by atoms with Gasteiger partial charge in [0.05, 0.1) is 24.6 Å². The molecular weight excluding hydrogens is 397 g/mol. The highest BCUT2D eigenvalue weighted by molar-refractivity contribution is 6.30. The molecule has 1 aromatic carbocycles. The highest BCUT2D eigenvalue weighted by atomic mass is 35.5. The van der Waals surface area contributed by atoms with Gasteiger partial charge in [-0.25, -0.2) is 9.97 Å². The smallest absolute Gasteiger partial charge is 0.416 e. The number of methoxy groups -OCH3 is 1. The standard InChI is InChI=1S/C18H14ClF3N4O2/c1-28-14-6-12(7-23-16(14)19)17(27)25-15-9-26(10-24-15)8-11-3-2-4-13(5-11)18(20,21)22/h2-7,9-10H,8H2,1H3,(H,25,27). The number of imidazole rings is 1. The lowest BCUT2D eigenvalue weighted by Crippen LogP contribution is -2.12. The van der Waals surface area contributed by atoms with E-state index in [1.165, 1.54) is 38.0 Å². The number of carbonyl (C=O) groups excluding carboxylic acids is 1. The van der Waals surface area contributed by atoms with Crippen LogP contribution in [0.25, 0.3) is 0 Å². The Balaban J connectivity index is 1.70. The van der Waals surface area contributed by atoms with E-state index in [2.05, 4.69) is 15.3 Å². The van der Waals surface area contributed by atoms with Crippen molar-refractivity contribution in [3.05, 3.63) is 70.9 Å². The fourth-order valence-electron chi connectivity index (χ4n) is 2.45. The number of hydrogen-bond donors (Lipinski definition) is 1. The van der Waals surface area contributed by atoms with Crippen LogP contribution >= 0.6 is 11.6 Å². The van der Waals surface area contributed by atoms with Gasteiger partial charge in [-0.1, -0.05) is 23.7 Å². The maximum atomic E-state index is 12.8. The van der Waals surface area contributed by atoms with Crippen molar-refractivity contribution in [1.29, 1.82) is 0 Å². The Hall–Kier alpha value is -3.07. The Morgan fingerprint density at radius 1 is 1.29 bits per heavy atom. The fraction of sp³-hybridized carbons (Fsp3) is 0.167.